The van der Waals surface area contributed by atoms with Crippen LogP contribution in [0, 0.1) is 23.5 Å². The zero-order valence-corrected chi connectivity index (χ0v) is 15.6. The molecule has 0 heterocycles. The van der Waals surface area contributed by atoms with Gasteiger partial charge in [-0.1, -0.05) is 18.2 Å². The summed E-state index contributed by atoms with van der Waals surface area (Å²) in [6, 6.07) is 12.2. The van der Waals surface area contributed by atoms with Crippen molar-refractivity contribution in [3.8, 4) is 0 Å². The molecule has 0 aromatic heterocycles. The lowest BCUT2D eigenvalue weighted by molar-refractivity contribution is -0.128. The fraction of sp³-hybridized carbons (Fsp3) is 0.364. The van der Waals surface area contributed by atoms with Gasteiger partial charge in [-0.25, -0.2) is 8.78 Å². The van der Waals surface area contributed by atoms with E-state index in [9.17, 15) is 18.4 Å². The van der Waals surface area contributed by atoms with Crippen molar-refractivity contribution in [1.29, 1.82) is 0 Å². The van der Waals surface area contributed by atoms with E-state index in [0.717, 1.165) is 0 Å². The number of anilines is 1. The van der Waals surface area contributed by atoms with Crippen LogP contribution in [0.2, 0.25) is 0 Å². The number of benzene rings is 2. The summed E-state index contributed by atoms with van der Waals surface area (Å²) in [5.41, 5.74) is 1.16. The van der Waals surface area contributed by atoms with Crippen molar-refractivity contribution in [3.63, 3.8) is 0 Å². The summed E-state index contributed by atoms with van der Waals surface area (Å²) in [6.07, 6.45) is 3.02. The molecule has 0 bridgehead atoms. The first-order chi connectivity index (χ1) is 13.5. The molecule has 2 aromatic carbocycles. The van der Waals surface area contributed by atoms with Crippen LogP contribution in [0.3, 0.4) is 0 Å². The normalized spacial score (nSPS) is 19.1. The van der Waals surface area contributed by atoms with Gasteiger partial charge in [0.1, 0.15) is 11.6 Å². The van der Waals surface area contributed by atoms with E-state index < -0.39 is 0 Å². The van der Waals surface area contributed by atoms with Crippen LogP contribution in [0.5, 0.6) is 0 Å². The SMILES string of the molecule is O=C(NCCc1ccccc1F)C1CCC(C(=O)Nc2ccc(F)cc2)CC1. The second-order valence-corrected chi connectivity index (χ2v) is 7.18. The Morgan fingerprint density at radius 1 is 0.857 bits per heavy atom. The van der Waals surface area contributed by atoms with Gasteiger partial charge in [0.2, 0.25) is 11.8 Å². The molecule has 2 amide bonds. The van der Waals surface area contributed by atoms with Crippen LogP contribution >= 0.6 is 0 Å². The van der Waals surface area contributed by atoms with Crippen molar-refractivity contribution >= 4 is 17.5 Å². The monoisotopic (exact) mass is 386 g/mol. The predicted molar refractivity (Wildman–Crippen MR) is 104 cm³/mol. The number of amides is 2. The molecule has 1 saturated carbocycles. The number of hydrogen-bond acceptors (Lipinski definition) is 2. The average molecular weight is 386 g/mol. The Balaban J connectivity index is 1.40. The molecule has 1 aliphatic rings. The third-order valence-corrected chi connectivity index (χ3v) is 5.23. The Labute approximate surface area is 163 Å². The molecular formula is C22H24F2N2O2. The summed E-state index contributed by atoms with van der Waals surface area (Å²) in [7, 11) is 0. The molecule has 4 nitrogen and oxygen atoms in total. The molecule has 0 atom stereocenters. The fourth-order valence-corrected chi connectivity index (χ4v) is 3.56. The van der Waals surface area contributed by atoms with Crippen molar-refractivity contribution in [2.24, 2.45) is 11.8 Å². The summed E-state index contributed by atoms with van der Waals surface area (Å²) in [5.74, 6) is -0.995. The Bertz CT molecular complexity index is 816. The van der Waals surface area contributed by atoms with Crippen LogP contribution in [-0.4, -0.2) is 18.4 Å². The van der Waals surface area contributed by atoms with E-state index in [4.69, 9.17) is 0 Å². The third-order valence-electron chi connectivity index (χ3n) is 5.23. The maximum absolute atomic E-state index is 13.6. The van der Waals surface area contributed by atoms with Gasteiger partial charge in [-0.05, 0) is 68.0 Å². The van der Waals surface area contributed by atoms with Gasteiger partial charge in [0.05, 0.1) is 0 Å². The Morgan fingerprint density at radius 2 is 1.46 bits per heavy atom. The van der Waals surface area contributed by atoms with Gasteiger partial charge >= 0.3 is 0 Å². The van der Waals surface area contributed by atoms with E-state index in [1.54, 1.807) is 18.2 Å². The number of carbonyl (C=O) groups excluding carboxylic acids is 2. The average Bonchev–Trinajstić information content (AvgIpc) is 2.71. The lowest BCUT2D eigenvalue weighted by atomic mass is 9.81. The highest BCUT2D eigenvalue weighted by Crippen LogP contribution is 2.30. The van der Waals surface area contributed by atoms with Crippen molar-refractivity contribution in [1.82, 2.24) is 5.32 Å². The summed E-state index contributed by atoms with van der Waals surface area (Å²) in [6.45, 7) is 0.394. The molecule has 0 radical (unpaired) electrons. The second-order valence-electron chi connectivity index (χ2n) is 7.18. The number of rotatable bonds is 6. The highest BCUT2D eigenvalue weighted by molar-refractivity contribution is 5.92. The lowest BCUT2D eigenvalue weighted by Gasteiger charge is -2.27. The standard InChI is InChI=1S/C22H24F2N2O2/c23-18-9-11-19(12-10-18)26-22(28)17-7-5-16(6-8-17)21(27)25-14-13-15-3-1-2-4-20(15)24/h1-4,9-12,16-17H,5-8,13-14H2,(H,25,27)(H,26,28). The van der Waals surface area contributed by atoms with Gasteiger partial charge in [0, 0.05) is 24.1 Å². The number of nitrogens with one attached hydrogen (secondary N) is 2. The zero-order chi connectivity index (χ0) is 19.9. The summed E-state index contributed by atoms with van der Waals surface area (Å²) in [5, 5.41) is 5.67. The summed E-state index contributed by atoms with van der Waals surface area (Å²) in [4.78, 5) is 24.7. The first-order valence-electron chi connectivity index (χ1n) is 9.60. The molecule has 1 aliphatic carbocycles. The fourth-order valence-electron chi connectivity index (χ4n) is 3.56. The van der Waals surface area contributed by atoms with Crippen LogP contribution in [0.1, 0.15) is 31.2 Å². The van der Waals surface area contributed by atoms with Gasteiger partial charge in [-0.2, -0.15) is 0 Å². The van der Waals surface area contributed by atoms with Gasteiger partial charge in [0.15, 0.2) is 0 Å². The second kappa shape index (κ2) is 9.44. The highest BCUT2D eigenvalue weighted by Gasteiger charge is 2.29. The third kappa shape index (κ3) is 5.38. The molecular weight excluding hydrogens is 362 g/mol. The molecule has 2 aromatic rings. The maximum atomic E-state index is 13.6. The topological polar surface area (TPSA) is 58.2 Å². The molecule has 148 valence electrons. The molecule has 2 N–H and O–H groups in total. The van der Waals surface area contributed by atoms with E-state index in [0.29, 0.717) is 49.9 Å². The van der Waals surface area contributed by atoms with Crippen LogP contribution in [0.25, 0.3) is 0 Å². The maximum Gasteiger partial charge on any atom is 0.227 e. The zero-order valence-electron chi connectivity index (χ0n) is 15.6. The van der Waals surface area contributed by atoms with Crippen LogP contribution in [-0.2, 0) is 16.0 Å². The molecule has 6 heteroatoms. The van der Waals surface area contributed by atoms with E-state index in [1.807, 2.05) is 0 Å². The van der Waals surface area contributed by atoms with E-state index >= 15 is 0 Å². The molecule has 1 fully saturated rings. The van der Waals surface area contributed by atoms with Crippen molar-refractivity contribution in [2.75, 3.05) is 11.9 Å². The first kappa shape index (κ1) is 20.0. The summed E-state index contributed by atoms with van der Waals surface area (Å²) >= 11 is 0. The quantitative estimate of drug-likeness (QED) is 0.786. The van der Waals surface area contributed by atoms with Gasteiger partial charge in [0.25, 0.3) is 0 Å². The number of halogens is 2. The van der Waals surface area contributed by atoms with Gasteiger partial charge in [-0.15, -0.1) is 0 Å². The Kier molecular flexibility index (Phi) is 6.74. The minimum absolute atomic E-state index is 0.0336. The highest BCUT2D eigenvalue weighted by atomic mass is 19.1. The van der Waals surface area contributed by atoms with Crippen molar-refractivity contribution in [3.05, 3.63) is 65.7 Å². The van der Waals surface area contributed by atoms with Crippen molar-refractivity contribution < 1.29 is 18.4 Å². The lowest BCUT2D eigenvalue weighted by Crippen LogP contribution is -2.36. The molecule has 3 rings (SSSR count). The molecule has 0 saturated heterocycles. The van der Waals surface area contributed by atoms with E-state index in [1.165, 1.54) is 30.3 Å². The van der Waals surface area contributed by atoms with Crippen LogP contribution < -0.4 is 10.6 Å². The first-order valence-corrected chi connectivity index (χ1v) is 9.60. The Hall–Kier alpha value is -2.76. The number of hydrogen-bond donors (Lipinski definition) is 2. The van der Waals surface area contributed by atoms with Crippen molar-refractivity contribution in [2.45, 2.75) is 32.1 Å². The smallest absolute Gasteiger partial charge is 0.227 e. The minimum atomic E-state index is -0.348. The predicted octanol–water partition coefficient (Wildman–Crippen LogP) is 4.07. The summed E-state index contributed by atoms with van der Waals surface area (Å²) < 4.78 is 26.5. The largest absolute Gasteiger partial charge is 0.356 e. The number of carbonyl (C=O) groups is 2. The van der Waals surface area contributed by atoms with E-state index in [2.05, 4.69) is 10.6 Å². The molecule has 0 spiro atoms. The molecule has 0 aliphatic heterocycles. The molecule has 28 heavy (non-hydrogen) atoms. The van der Waals surface area contributed by atoms with Crippen LogP contribution in [0.15, 0.2) is 48.5 Å². The minimum Gasteiger partial charge on any atom is -0.356 e. The Morgan fingerprint density at radius 3 is 2.11 bits per heavy atom. The van der Waals surface area contributed by atoms with E-state index in [-0.39, 0.29) is 35.3 Å². The van der Waals surface area contributed by atoms with Gasteiger partial charge < -0.3 is 10.6 Å². The van der Waals surface area contributed by atoms with Gasteiger partial charge in [-0.3, -0.25) is 9.59 Å². The van der Waals surface area contributed by atoms with Crippen LogP contribution in [0.4, 0.5) is 14.5 Å². The molecule has 0 unspecified atom stereocenters.